The summed E-state index contributed by atoms with van der Waals surface area (Å²) < 4.78 is 13.5. The van der Waals surface area contributed by atoms with Gasteiger partial charge in [0.05, 0.1) is 0 Å². The van der Waals surface area contributed by atoms with Crippen LogP contribution in [0.3, 0.4) is 0 Å². The zero-order chi connectivity index (χ0) is 17.6. The molecule has 132 valence electrons. The van der Waals surface area contributed by atoms with Crippen molar-refractivity contribution in [3.8, 4) is 0 Å². The van der Waals surface area contributed by atoms with Gasteiger partial charge in [-0.05, 0) is 87.0 Å². The van der Waals surface area contributed by atoms with E-state index < -0.39 is 0 Å². The van der Waals surface area contributed by atoms with Crippen molar-refractivity contribution in [3.63, 3.8) is 0 Å². The molecule has 1 nitrogen and oxygen atoms in total. The first-order chi connectivity index (χ1) is 12.0. The Balaban J connectivity index is 1.79. The second kappa shape index (κ2) is 6.25. The fraction of sp³-hybridized carbons (Fsp3) is 0.478. The van der Waals surface area contributed by atoms with Gasteiger partial charge >= 0.3 is 0 Å². The SMILES string of the molecule is Cc1ccc2c(c1)C(C1CCN(C)CC1)C(C)(c1ccc(F)cc1)C2. The third kappa shape index (κ3) is 2.91. The maximum Gasteiger partial charge on any atom is 0.123 e. The Kier molecular flexibility index (Phi) is 4.19. The number of likely N-dealkylation sites (tertiary alicyclic amines) is 1. The van der Waals surface area contributed by atoms with Crippen molar-refractivity contribution in [1.82, 2.24) is 4.90 Å². The summed E-state index contributed by atoms with van der Waals surface area (Å²) >= 11 is 0. The molecule has 2 aliphatic rings. The van der Waals surface area contributed by atoms with Crippen molar-refractivity contribution in [1.29, 1.82) is 0 Å². The van der Waals surface area contributed by atoms with Gasteiger partial charge in [0.15, 0.2) is 0 Å². The van der Waals surface area contributed by atoms with E-state index in [9.17, 15) is 4.39 Å². The van der Waals surface area contributed by atoms with Gasteiger partial charge in [0.1, 0.15) is 5.82 Å². The predicted octanol–water partition coefficient (Wildman–Crippen LogP) is 5.07. The highest BCUT2D eigenvalue weighted by atomic mass is 19.1. The van der Waals surface area contributed by atoms with Crippen molar-refractivity contribution in [2.75, 3.05) is 20.1 Å². The summed E-state index contributed by atoms with van der Waals surface area (Å²) in [5.74, 6) is 1.09. The molecular formula is C23H28FN. The van der Waals surface area contributed by atoms with Gasteiger partial charge in [-0.25, -0.2) is 4.39 Å². The molecule has 2 unspecified atom stereocenters. The Morgan fingerprint density at radius 3 is 2.40 bits per heavy atom. The molecule has 0 amide bonds. The minimum Gasteiger partial charge on any atom is -0.306 e. The minimum atomic E-state index is -0.144. The van der Waals surface area contributed by atoms with E-state index in [1.54, 1.807) is 17.7 Å². The molecule has 0 bridgehead atoms. The van der Waals surface area contributed by atoms with Gasteiger partial charge in [-0.15, -0.1) is 0 Å². The molecule has 2 atom stereocenters. The van der Waals surface area contributed by atoms with Crippen LogP contribution < -0.4 is 0 Å². The second-order valence-corrected chi connectivity index (χ2v) is 8.42. The summed E-state index contributed by atoms with van der Waals surface area (Å²) in [4.78, 5) is 2.44. The van der Waals surface area contributed by atoms with Gasteiger partial charge < -0.3 is 4.90 Å². The Morgan fingerprint density at radius 2 is 1.72 bits per heavy atom. The molecule has 2 aromatic carbocycles. The first-order valence-corrected chi connectivity index (χ1v) is 9.51. The Hall–Kier alpha value is -1.67. The zero-order valence-electron chi connectivity index (χ0n) is 15.6. The molecular weight excluding hydrogens is 309 g/mol. The monoisotopic (exact) mass is 337 g/mol. The summed E-state index contributed by atoms with van der Waals surface area (Å²) in [6, 6.07) is 14.2. The number of hydrogen-bond acceptors (Lipinski definition) is 1. The van der Waals surface area contributed by atoms with Crippen molar-refractivity contribution < 1.29 is 4.39 Å². The number of aryl methyl sites for hydroxylation is 1. The molecule has 2 heteroatoms. The van der Waals surface area contributed by atoms with Crippen LogP contribution in [0.25, 0.3) is 0 Å². The fourth-order valence-electron chi connectivity index (χ4n) is 5.26. The third-order valence-corrected chi connectivity index (χ3v) is 6.62. The van der Waals surface area contributed by atoms with E-state index in [1.165, 1.54) is 42.6 Å². The van der Waals surface area contributed by atoms with Gasteiger partial charge in [-0.1, -0.05) is 42.8 Å². The normalized spacial score (nSPS) is 27.4. The summed E-state index contributed by atoms with van der Waals surface area (Å²) in [5.41, 5.74) is 5.72. The van der Waals surface area contributed by atoms with Crippen LogP contribution in [-0.2, 0) is 11.8 Å². The highest BCUT2D eigenvalue weighted by molar-refractivity contribution is 5.47. The maximum absolute atomic E-state index is 13.5. The van der Waals surface area contributed by atoms with Crippen LogP contribution in [0.15, 0.2) is 42.5 Å². The number of hydrogen-bond donors (Lipinski definition) is 0. The zero-order valence-corrected chi connectivity index (χ0v) is 15.6. The predicted molar refractivity (Wildman–Crippen MR) is 102 cm³/mol. The largest absolute Gasteiger partial charge is 0.306 e. The van der Waals surface area contributed by atoms with Crippen molar-refractivity contribution in [2.45, 2.75) is 44.4 Å². The number of piperidine rings is 1. The van der Waals surface area contributed by atoms with Crippen molar-refractivity contribution in [2.24, 2.45) is 5.92 Å². The average molecular weight is 337 g/mol. The summed E-state index contributed by atoms with van der Waals surface area (Å²) in [7, 11) is 2.22. The summed E-state index contributed by atoms with van der Waals surface area (Å²) in [6.07, 6.45) is 3.57. The Morgan fingerprint density at radius 1 is 1.04 bits per heavy atom. The molecule has 1 heterocycles. The fourth-order valence-corrected chi connectivity index (χ4v) is 5.26. The molecule has 0 N–H and O–H groups in total. The van der Waals surface area contributed by atoms with Crippen LogP contribution in [-0.4, -0.2) is 25.0 Å². The first-order valence-electron chi connectivity index (χ1n) is 9.51. The van der Waals surface area contributed by atoms with Gasteiger partial charge in [-0.2, -0.15) is 0 Å². The lowest BCUT2D eigenvalue weighted by Crippen LogP contribution is -2.38. The van der Waals surface area contributed by atoms with Gasteiger partial charge in [-0.3, -0.25) is 0 Å². The standard InChI is InChI=1S/C23H28FN/c1-16-4-5-18-15-23(2,19-6-8-20(24)9-7-19)22(21(18)14-16)17-10-12-25(3)13-11-17/h4-9,14,17,22H,10-13,15H2,1-3H3. The van der Waals surface area contributed by atoms with Gasteiger partial charge in [0.2, 0.25) is 0 Å². The lowest BCUT2D eigenvalue weighted by atomic mass is 9.65. The van der Waals surface area contributed by atoms with Crippen LogP contribution in [0, 0.1) is 18.7 Å². The molecule has 1 aliphatic heterocycles. The number of fused-ring (bicyclic) bond motifs is 1. The maximum atomic E-state index is 13.5. The van der Waals surface area contributed by atoms with E-state index in [4.69, 9.17) is 0 Å². The molecule has 0 saturated carbocycles. The van der Waals surface area contributed by atoms with E-state index in [0.29, 0.717) is 11.8 Å². The van der Waals surface area contributed by atoms with Gasteiger partial charge in [0.25, 0.3) is 0 Å². The number of halogens is 1. The van der Waals surface area contributed by atoms with Crippen LogP contribution in [0.2, 0.25) is 0 Å². The van der Waals surface area contributed by atoms with Crippen LogP contribution in [0.4, 0.5) is 4.39 Å². The molecule has 25 heavy (non-hydrogen) atoms. The quantitative estimate of drug-likeness (QED) is 0.739. The number of nitrogens with zero attached hydrogens (tertiary/aromatic N) is 1. The molecule has 0 spiro atoms. The molecule has 1 fully saturated rings. The van der Waals surface area contributed by atoms with Gasteiger partial charge in [0, 0.05) is 5.41 Å². The molecule has 0 radical (unpaired) electrons. The molecule has 1 saturated heterocycles. The van der Waals surface area contributed by atoms with E-state index >= 15 is 0 Å². The van der Waals surface area contributed by atoms with Crippen LogP contribution in [0.1, 0.15) is 47.9 Å². The second-order valence-electron chi connectivity index (χ2n) is 8.42. The van der Waals surface area contributed by atoms with Crippen LogP contribution >= 0.6 is 0 Å². The lowest BCUT2D eigenvalue weighted by molar-refractivity contribution is 0.169. The molecule has 2 aromatic rings. The van der Waals surface area contributed by atoms with Crippen molar-refractivity contribution >= 4 is 0 Å². The molecule has 4 rings (SSSR count). The lowest BCUT2D eigenvalue weighted by Gasteiger charge is -2.41. The Labute approximate surface area is 150 Å². The van der Waals surface area contributed by atoms with E-state index in [1.807, 2.05) is 12.1 Å². The molecule has 1 aliphatic carbocycles. The number of benzene rings is 2. The first kappa shape index (κ1) is 16.8. The summed E-state index contributed by atoms with van der Waals surface area (Å²) in [5, 5.41) is 0. The molecule has 0 aromatic heterocycles. The number of rotatable bonds is 2. The van der Waals surface area contributed by atoms with E-state index in [0.717, 1.165) is 6.42 Å². The minimum absolute atomic E-state index is 0.0599. The highest BCUT2D eigenvalue weighted by Gasteiger charge is 2.47. The summed E-state index contributed by atoms with van der Waals surface area (Å²) in [6.45, 7) is 6.96. The highest BCUT2D eigenvalue weighted by Crippen LogP contribution is 2.54. The van der Waals surface area contributed by atoms with E-state index in [2.05, 4.69) is 44.0 Å². The topological polar surface area (TPSA) is 3.24 Å². The smallest absolute Gasteiger partial charge is 0.123 e. The van der Waals surface area contributed by atoms with Crippen molar-refractivity contribution in [3.05, 3.63) is 70.5 Å². The Bertz CT molecular complexity index is 758. The van der Waals surface area contributed by atoms with E-state index in [-0.39, 0.29) is 11.2 Å². The van der Waals surface area contributed by atoms with Crippen LogP contribution in [0.5, 0.6) is 0 Å². The third-order valence-electron chi connectivity index (χ3n) is 6.62. The average Bonchev–Trinajstić information content (AvgIpc) is 2.89.